The van der Waals surface area contributed by atoms with E-state index >= 15 is 0 Å². The highest BCUT2D eigenvalue weighted by Gasteiger charge is 2.61. The van der Waals surface area contributed by atoms with E-state index in [-0.39, 0.29) is 6.61 Å². The summed E-state index contributed by atoms with van der Waals surface area (Å²) in [5.74, 6) is -2.65. The average Bonchev–Trinajstić information content (AvgIpc) is 2.98. The molecule has 2 fully saturated rings. The van der Waals surface area contributed by atoms with Crippen LogP contribution >= 0.6 is 0 Å². The zero-order valence-corrected chi connectivity index (χ0v) is 14.6. The third-order valence-corrected chi connectivity index (χ3v) is 3.72. The van der Waals surface area contributed by atoms with Gasteiger partial charge >= 0.3 is 24.0 Å². The molecule has 0 radical (unpaired) electrons. The zero-order chi connectivity index (χ0) is 19.6. The summed E-state index contributed by atoms with van der Waals surface area (Å²) < 4.78 is 25.7. The van der Waals surface area contributed by atoms with Crippen LogP contribution in [0.4, 0.5) is 4.79 Å². The van der Waals surface area contributed by atoms with Crippen LogP contribution in [0.15, 0.2) is 0 Å². The van der Waals surface area contributed by atoms with Gasteiger partial charge in [0.05, 0.1) is 0 Å². The van der Waals surface area contributed by atoms with Gasteiger partial charge in [-0.15, -0.1) is 0 Å². The van der Waals surface area contributed by atoms with E-state index in [1.807, 2.05) is 0 Å². The Kier molecular flexibility index (Phi) is 5.80. The molecule has 2 aliphatic rings. The van der Waals surface area contributed by atoms with Gasteiger partial charge in [0, 0.05) is 27.7 Å². The van der Waals surface area contributed by atoms with Crippen molar-refractivity contribution >= 4 is 29.9 Å². The number of carbonyl (C=O) groups is 5. The molecule has 0 bridgehead atoms. The number of imide groups is 1. The lowest BCUT2D eigenvalue weighted by Gasteiger charge is -2.29. The Hall–Kier alpha value is -2.69. The highest BCUT2D eigenvalue weighted by atomic mass is 16.7. The molecule has 2 heterocycles. The summed E-state index contributed by atoms with van der Waals surface area (Å²) in [6.07, 6.45) is -5.58. The number of hydrogen-bond donors (Lipinski definition) is 0. The monoisotopic (exact) mass is 373 g/mol. The minimum absolute atomic E-state index is 0.370. The van der Waals surface area contributed by atoms with Crippen molar-refractivity contribution in [3.63, 3.8) is 0 Å². The molecular formula is C15H19NO10. The van der Waals surface area contributed by atoms with Gasteiger partial charge in [-0.1, -0.05) is 0 Å². The van der Waals surface area contributed by atoms with Crippen molar-refractivity contribution in [2.75, 3.05) is 6.61 Å². The summed E-state index contributed by atoms with van der Waals surface area (Å²) in [4.78, 5) is 58.3. The number of carbonyl (C=O) groups excluding carboxylic acids is 5. The lowest BCUT2D eigenvalue weighted by molar-refractivity contribution is -0.182. The molecule has 2 aliphatic heterocycles. The molecule has 0 aromatic carbocycles. The van der Waals surface area contributed by atoms with Crippen molar-refractivity contribution in [1.82, 2.24) is 4.90 Å². The third-order valence-electron chi connectivity index (χ3n) is 3.72. The number of ether oxygens (including phenoxy) is 5. The second kappa shape index (κ2) is 7.68. The van der Waals surface area contributed by atoms with E-state index in [1.54, 1.807) is 0 Å². The van der Waals surface area contributed by atoms with E-state index in [4.69, 9.17) is 23.7 Å². The number of nitrogens with zero attached hydrogens (tertiary/aromatic N) is 1. The predicted molar refractivity (Wildman–Crippen MR) is 79.2 cm³/mol. The second-order valence-electron chi connectivity index (χ2n) is 5.76. The van der Waals surface area contributed by atoms with E-state index < -0.39 is 60.6 Å². The van der Waals surface area contributed by atoms with Crippen LogP contribution in [0.25, 0.3) is 0 Å². The molecule has 0 aromatic rings. The number of rotatable bonds is 5. The Labute approximate surface area is 148 Å². The summed E-state index contributed by atoms with van der Waals surface area (Å²) in [7, 11) is 0. The SMILES string of the molecule is CC(=O)OC[C@@H](OC(C)=O)[C@H]1O[C@@H]2OC(=O)N(C(C)=O)[C@@H]2[C@H]1OC(C)=O. The van der Waals surface area contributed by atoms with Gasteiger partial charge in [-0.3, -0.25) is 19.2 Å². The predicted octanol–water partition coefficient (Wildman–Crippen LogP) is -0.495. The molecule has 0 saturated carbocycles. The van der Waals surface area contributed by atoms with Gasteiger partial charge < -0.3 is 23.7 Å². The smallest absolute Gasteiger partial charge is 0.419 e. The average molecular weight is 373 g/mol. The maximum absolute atomic E-state index is 11.8. The van der Waals surface area contributed by atoms with E-state index in [2.05, 4.69) is 0 Å². The zero-order valence-electron chi connectivity index (χ0n) is 14.6. The summed E-state index contributed by atoms with van der Waals surface area (Å²) >= 11 is 0. The lowest BCUT2D eigenvalue weighted by Crippen LogP contribution is -2.51. The first-order chi connectivity index (χ1) is 12.1. The largest absolute Gasteiger partial charge is 0.462 e. The summed E-state index contributed by atoms with van der Waals surface area (Å²) in [6.45, 7) is 4.21. The van der Waals surface area contributed by atoms with Crippen LogP contribution in [0, 0.1) is 0 Å². The molecule has 0 aromatic heterocycles. The molecule has 0 N–H and O–H groups in total. The third kappa shape index (κ3) is 4.10. The fraction of sp³-hybridized carbons (Fsp3) is 0.667. The maximum Gasteiger partial charge on any atom is 0.419 e. The van der Waals surface area contributed by atoms with Crippen molar-refractivity contribution in [2.24, 2.45) is 0 Å². The Morgan fingerprint density at radius 1 is 1.08 bits per heavy atom. The molecular weight excluding hydrogens is 354 g/mol. The van der Waals surface area contributed by atoms with Crippen LogP contribution in [0.3, 0.4) is 0 Å². The number of fused-ring (bicyclic) bond motifs is 1. The van der Waals surface area contributed by atoms with Crippen molar-refractivity contribution < 1.29 is 47.7 Å². The van der Waals surface area contributed by atoms with E-state index in [9.17, 15) is 24.0 Å². The van der Waals surface area contributed by atoms with Gasteiger partial charge in [0.1, 0.15) is 18.8 Å². The molecule has 2 rings (SSSR count). The van der Waals surface area contributed by atoms with Crippen LogP contribution in [0.1, 0.15) is 27.7 Å². The number of esters is 3. The Morgan fingerprint density at radius 2 is 1.73 bits per heavy atom. The Balaban J connectivity index is 2.31. The first-order valence-electron chi connectivity index (χ1n) is 7.75. The highest BCUT2D eigenvalue weighted by molar-refractivity contribution is 5.92. The minimum atomic E-state index is -1.21. The molecule has 5 atom stereocenters. The number of hydrogen-bond acceptors (Lipinski definition) is 10. The standard InChI is InChI=1S/C15H19NO10/c1-6(17)16-11-13(24-9(4)20)12(25-14(11)26-15(16)21)10(23-8(3)19)5-22-7(2)18/h10-14H,5H2,1-4H3/t10-,11-,12-,13-,14-/m1/s1. The topological polar surface area (TPSA) is 135 Å². The summed E-state index contributed by atoms with van der Waals surface area (Å²) in [6, 6.07) is -1.05. The van der Waals surface area contributed by atoms with Crippen molar-refractivity contribution in [3.8, 4) is 0 Å². The normalized spacial score (nSPS) is 28.0. The molecule has 144 valence electrons. The summed E-state index contributed by atoms with van der Waals surface area (Å²) in [5, 5.41) is 0. The van der Waals surface area contributed by atoms with Crippen molar-refractivity contribution in [2.45, 2.75) is 58.3 Å². The fourth-order valence-electron chi connectivity index (χ4n) is 2.88. The van der Waals surface area contributed by atoms with Gasteiger partial charge in [0.15, 0.2) is 12.2 Å². The van der Waals surface area contributed by atoms with Gasteiger partial charge in [0.25, 0.3) is 0 Å². The Morgan fingerprint density at radius 3 is 2.23 bits per heavy atom. The van der Waals surface area contributed by atoms with E-state index in [0.29, 0.717) is 0 Å². The van der Waals surface area contributed by atoms with Gasteiger partial charge in [0.2, 0.25) is 12.2 Å². The maximum atomic E-state index is 11.8. The van der Waals surface area contributed by atoms with Crippen molar-refractivity contribution in [1.29, 1.82) is 0 Å². The molecule has 0 spiro atoms. The molecule has 11 nitrogen and oxygen atoms in total. The van der Waals surface area contributed by atoms with Crippen LogP contribution in [0.2, 0.25) is 0 Å². The minimum Gasteiger partial charge on any atom is -0.462 e. The van der Waals surface area contributed by atoms with Crippen LogP contribution < -0.4 is 0 Å². The molecule has 2 amide bonds. The Bertz CT molecular complexity index is 632. The van der Waals surface area contributed by atoms with Crippen LogP contribution in [-0.2, 0) is 42.9 Å². The van der Waals surface area contributed by atoms with E-state index in [0.717, 1.165) is 32.6 Å². The quantitative estimate of drug-likeness (QED) is 0.458. The highest BCUT2D eigenvalue weighted by Crippen LogP contribution is 2.36. The first-order valence-corrected chi connectivity index (χ1v) is 7.75. The molecule has 0 unspecified atom stereocenters. The first kappa shape index (κ1) is 19.6. The summed E-state index contributed by atoms with van der Waals surface area (Å²) in [5.41, 5.74) is 0. The van der Waals surface area contributed by atoms with E-state index in [1.165, 1.54) is 0 Å². The van der Waals surface area contributed by atoms with Gasteiger partial charge in [-0.05, 0) is 0 Å². The molecule has 26 heavy (non-hydrogen) atoms. The molecule has 11 heteroatoms. The van der Waals surface area contributed by atoms with Crippen molar-refractivity contribution in [3.05, 3.63) is 0 Å². The molecule has 0 aliphatic carbocycles. The number of amides is 2. The molecule has 2 saturated heterocycles. The lowest BCUT2D eigenvalue weighted by atomic mass is 10.0. The van der Waals surface area contributed by atoms with Gasteiger partial charge in [-0.25, -0.2) is 9.69 Å². The van der Waals surface area contributed by atoms with Gasteiger partial charge in [-0.2, -0.15) is 0 Å². The van der Waals surface area contributed by atoms with Crippen LogP contribution in [-0.4, -0.2) is 72.1 Å². The fourth-order valence-corrected chi connectivity index (χ4v) is 2.88. The van der Waals surface area contributed by atoms with Crippen LogP contribution in [0.5, 0.6) is 0 Å². The second-order valence-corrected chi connectivity index (χ2v) is 5.76.